The van der Waals surface area contributed by atoms with Gasteiger partial charge in [0.05, 0.1) is 32.1 Å². The molecule has 1 N–H and O–H groups in total. The number of methoxy groups -OCH3 is 2. The number of aromatic nitrogens is 3. The molecule has 0 aliphatic heterocycles. The van der Waals surface area contributed by atoms with Crippen LogP contribution in [-0.4, -0.2) is 53.0 Å². The van der Waals surface area contributed by atoms with Gasteiger partial charge in [-0.25, -0.2) is 9.48 Å². The average molecular weight is 257 g/mol. The second kappa shape index (κ2) is 6.46. The van der Waals surface area contributed by atoms with Crippen LogP contribution >= 0.6 is 0 Å². The van der Waals surface area contributed by atoms with Gasteiger partial charge in [-0.05, 0) is 5.92 Å². The second-order valence-corrected chi connectivity index (χ2v) is 4.26. The monoisotopic (exact) mass is 257 g/mol. The van der Waals surface area contributed by atoms with Gasteiger partial charge in [-0.1, -0.05) is 19.1 Å². The summed E-state index contributed by atoms with van der Waals surface area (Å²) in [6.07, 6.45) is -0.695. The third kappa shape index (κ3) is 3.27. The fourth-order valence-corrected chi connectivity index (χ4v) is 1.71. The van der Waals surface area contributed by atoms with Gasteiger partial charge in [0.1, 0.15) is 0 Å². The van der Waals surface area contributed by atoms with Crippen molar-refractivity contribution >= 4 is 5.97 Å². The lowest BCUT2D eigenvalue weighted by molar-refractivity contribution is 0.0501. The minimum Gasteiger partial charge on any atom is -0.464 e. The first-order chi connectivity index (χ1) is 8.51. The van der Waals surface area contributed by atoms with Crippen molar-refractivity contribution < 1.29 is 19.4 Å². The molecule has 0 aliphatic carbocycles. The Kier molecular flexibility index (Phi) is 5.24. The maximum absolute atomic E-state index is 11.5. The molecule has 1 aromatic rings. The number of carbonyl (C=O) groups excluding carboxylic acids is 1. The molecule has 0 aliphatic rings. The summed E-state index contributed by atoms with van der Waals surface area (Å²) in [5.74, 6) is -0.477. The van der Waals surface area contributed by atoms with E-state index in [1.807, 2.05) is 13.8 Å². The maximum Gasteiger partial charge on any atom is 0.360 e. The van der Waals surface area contributed by atoms with E-state index in [1.54, 1.807) is 0 Å². The van der Waals surface area contributed by atoms with E-state index >= 15 is 0 Å². The molecular formula is C11H19N3O4. The molecule has 7 heteroatoms. The molecule has 7 nitrogen and oxygen atoms in total. The molecular weight excluding hydrogens is 238 g/mol. The predicted octanol–water partition coefficient (Wildman–Crippen LogP) is 0.195. The van der Waals surface area contributed by atoms with Gasteiger partial charge >= 0.3 is 5.97 Å². The number of aliphatic hydroxyl groups excluding tert-OH is 1. The highest BCUT2D eigenvalue weighted by molar-refractivity contribution is 5.88. The van der Waals surface area contributed by atoms with Crippen LogP contribution in [0.3, 0.4) is 0 Å². The molecule has 0 saturated heterocycles. The van der Waals surface area contributed by atoms with Crippen LogP contribution in [0.25, 0.3) is 0 Å². The number of nitrogens with zero attached hydrogens (tertiary/aromatic N) is 3. The zero-order valence-corrected chi connectivity index (χ0v) is 11.1. The Bertz CT molecular complexity index is 403. The van der Waals surface area contributed by atoms with Crippen molar-refractivity contribution in [3.63, 3.8) is 0 Å². The van der Waals surface area contributed by atoms with Crippen LogP contribution in [0.15, 0.2) is 0 Å². The summed E-state index contributed by atoms with van der Waals surface area (Å²) in [5.41, 5.74) is 0.842. The van der Waals surface area contributed by atoms with E-state index in [0.717, 1.165) is 0 Å². The standard InChI is InChI=1S/C11H19N3O4/c1-7(2)10-9(11(16)18-4)12-13-14(10)5-8(15)6-17-3/h7-8,15H,5-6H2,1-4H3. The lowest BCUT2D eigenvalue weighted by atomic mass is 10.1. The van der Waals surface area contributed by atoms with Crippen LogP contribution in [0, 0.1) is 0 Å². The highest BCUT2D eigenvalue weighted by atomic mass is 16.5. The van der Waals surface area contributed by atoms with E-state index in [2.05, 4.69) is 15.0 Å². The van der Waals surface area contributed by atoms with Crippen LogP contribution in [0.5, 0.6) is 0 Å². The molecule has 0 aromatic carbocycles. The van der Waals surface area contributed by atoms with E-state index in [-0.39, 0.29) is 24.8 Å². The molecule has 18 heavy (non-hydrogen) atoms. The quantitative estimate of drug-likeness (QED) is 0.732. The predicted molar refractivity (Wildman–Crippen MR) is 63.3 cm³/mol. The third-order valence-electron chi connectivity index (χ3n) is 2.44. The van der Waals surface area contributed by atoms with Crippen molar-refractivity contribution in [3.05, 3.63) is 11.4 Å². The summed E-state index contributed by atoms with van der Waals surface area (Å²) in [7, 11) is 2.80. The van der Waals surface area contributed by atoms with Gasteiger partial charge in [-0.3, -0.25) is 0 Å². The fraction of sp³-hybridized carbons (Fsp3) is 0.727. The van der Waals surface area contributed by atoms with E-state index in [0.29, 0.717) is 5.69 Å². The number of hydrogen-bond acceptors (Lipinski definition) is 6. The summed E-state index contributed by atoms with van der Waals surface area (Å²) in [5, 5.41) is 17.4. The lowest BCUT2D eigenvalue weighted by Gasteiger charge is -2.13. The van der Waals surface area contributed by atoms with Crippen molar-refractivity contribution in [2.24, 2.45) is 0 Å². The highest BCUT2D eigenvalue weighted by Crippen LogP contribution is 2.18. The Balaban J connectivity index is 2.98. The Morgan fingerprint density at radius 2 is 2.11 bits per heavy atom. The first kappa shape index (κ1) is 14.6. The molecule has 102 valence electrons. The van der Waals surface area contributed by atoms with E-state index < -0.39 is 12.1 Å². The summed E-state index contributed by atoms with van der Waals surface area (Å²) < 4.78 is 11.0. The van der Waals surface area contributed by atoms with Gasteiger partial charge in [-0.2, -0.15) is 0 Å². The summed E-state index contributed by atoms with van der Waals surface area (Å²) in [6, 6.07) is 0. The van der Waals surface area contributed by atoms with Crippen molar-refractivity contribution in [2.75, 3.05) is 20.8 Å². The zero-order valence-electron chi connectivity index (χ0n) is 11.1. The Labute approximate surface area is 106 Å². The van der Waals surface area contributed by atoms with Gasteiger partial charge in [0.2, 0.25) is 0 Å². The van der Waals surface area contributed by atoms with Gasteiger partial charge in [0.15, 0.2) is 5.69 Å². The SMILES string of the molecule is COCC(O)Cn1nnc(C(=O)OC)c1C(C)C. The van der Waals surface area contributed by atoms with Crippen LogP contribution < -0.4 is 0 Å². The summed E-state index contributed by atoms with van der Waals surface area (Å²) >= 11 is 0. The molecule has 0 amide bonds. The topological polar surface area (TPSA) is 86.5 Å². The molecule has 0 saturated carbocycles. The Morgan fingerprint density at radius 1 is 1.44 bits per heavy atom. The molecule has 1 aromatic heterocycles. The van der Waals surface area contributed by atoms with Crippen molar-refractivity contribution in [3.8, 4) is 0 Å². The third-order valence-corrected chi connectivity index (χ3v) is 2.44. The number of esters is 1. The molecule has 0 radical (unpaired) electrons. The van der Waals surface area contributed by atoms with Gasteiger partial charge < -0.3 is 14.6 Å². The smallest absolute Gasteiger partial charge is 0.360 e. The zero-order chi connectivity index (χ0) is 13.7. The minimum atomic E-state index is -0.695. The minimum absolute atomic E-state index is 0.0452. The molecule has 1 heterocycles. The second-order valence-electron chi connectivity index (χ2n) is 4.26. The van der Waals surface area contributed by atoms with Crippen LogP contribution in [0.1, 0.15) is 35.9 Å². The van der Waals surface area contributed by atoms with Crippen molar-refractivity contribution in [1.29, 1.82) is 0 Å². The van der Waals surface area contributed by atoms with Gasteiger partial charge in [0, 0.05) is 7.11 Å². The average Bonchev–Trinajstić information content (AvgIpc) is 2.72. The number of ether oxygens (including phenoxy) is 2. The maximum atomic E-state index is 11.5. The fourth-order valence-electron chi connectivity index (χ4n) is 1.71. The van der Waals surface area contributed by atoms with E-state index in [1.165, 1.54) is 18.9 Å². The Hall–Kier alpha value is -1.47. The van der Waals surface area contributed by atoms with Crippen molar-refractivity contribution in [2.45, 2.75) is 32.4 Å². The largest absolute Gasteiger partial charge is 0.464 e. The number of aliphatic hydroxyl groups is 1. The molecule has 1 atom stereocenters. The molecule has 0 bridgehead atoms. The normalized spacial score (nSPS) is 12.8. The van der Waals surface area contributed by atoms with Crippen molar-refractivity contribution in [1.82, 2.24) is 15.0 Å². The molecule has 0 spiro atoms. The van der Waals surface area contributed by atoms with Gasteiger partial charge in [-0.15, -0.1) is 5.10 Å². The first-order valence-corrected chi connectivity index (χ1v) is 5.69. The van der Waals surface area contributed by atoms with Crippen LogP contribution in [0.2, 0.25) is 0 Å². The van der Waals surface area contributed by atoms with Gasteiger partial charge in [0.25, 0.3) is 0 Å². The van der Waals surface area contributed by atoms with E-state index in [9.17, 15) is 9.90 Å². The van der Waals surface area contributed by atoms with Crippen LogP contribution in [0.4, 0.5) is 0 Å². The lowest BCUT2D eigenvalue weighted by Crippen LogP contribution is -2.24. The number of hydrogen-bond donors (Lipinski definition) is 1. The molecule has 0 fully saturated rings. The molecule has 1 rings (SSSR count). The first-order valence-electron chi connectivity index (χ1n) is 5.69. The Morgan fingerprint density at radius 3 is 2.61 bits per heavy atom. The molecule has 1 unspecified atom stereocenters. The highest BCUT2D eigenvalue weighted by Gasteiger charge is 2.23. The number of carbonyl (C=O) groups is 1. The summed E-state index contributed by atoms with van der Waals surface area (Å²) in [4.78, 5) is 11.5. The summed E-state index contributed by atoms with van der Waals surface area (Å²) in [6.45, 7) is 4.27. The number of rotatable bonds is 6. The van der Waals surface area contributed by atoms with Crippen LogP contribution in [-0.2, 0) is 16.0 Å². The van der Waals surface area contributed by atoms with E-state index in [4.69, 9.17) is 4.74 Å².